The molecule has 0 unspecified atom stereocenters. The zero-order valence-corrected chi connectivity index (χ0v) is 8.95. The summed E-state index contributed by atoms with van der Waals surface area (Å²) >= 11 is 0. The minimum absolute atomic E-state index is 0.216. The standard InChI is InChI=1S/C11H16N2O2/c1-7-3-9(5-10(12)4-7)11(15)13-6-8(2)14/h3-5,8,14H,6,12H2,1-2H3,(H,13,15)/t8-/m0/s1. The lowest BCUT2D eigenvalue weighted by Gasteiger charge is -2.08. The first kappa shape index (κ1) is 11.5. The number of aryl methyl sites for hydroxylation is 1. The van der Waals surface area contributed by atoms with Crippen molar-refractivity contribution < 1.29 is 9.90 Å². The summed E-state index contributed by atoms with van der Waals surface area (Å²) in [6.45, 7) is 3.74. The van der Waals surface area contributed by atoms with Gasteiger partial charge in [-0.25, -0.2) is 0 Å². The Morgan fingerprint density at radius 2 is 2.20 bits per heavy atom. The van der Waals surface area contributed by atoms with Gasteiger partial charge in [0.2, 0.25) is 0 Å². The number of aliphatic hydroxyl groups is 1. The second kappa shape index (κ2) is 4.79. The van der Waals surface area contributed by atoms with Crippen LogP contribution < -0.4 is 11.1 Å². The van der Waals surface area contributed by atoms with Crippen molar-refractivity contribution in [3.8, 4) is 0 Å². The van der Waals surface area contributed by atoms with E-state index in [1.807, 2.05) is 6.92 Å². The van der Waals surface area contributed by atoms with Crippen molar-refractivity contribution in [3.05, 3.63) is 29.3 Å². The van der Waals surface area contributed by atoms with Gasteiger partial charge in [0.1, 0.15) is 0 Å². The number of carbonyl (C=O) groups is 1. The molecule has 0 aliphatic heterocycles. The lowest BCUT2D eigenvalue weighted by Crippen LogP contribution is -2.30. The molecule has 4 heteroatoms. The summed E-state index contributed by atoms with van der Waals surface area (Å²) in [4.78, 5) is 11.6. The number of carbonyl (C=O) groups excluding carboxylic acids is 1. The average molecular weight is 208 g/mol. The highest BCUT2D eigenvalue weighted by atomic mass is 16.3. The van der Waals surface area contributed by atoms with Gasteiger partial charge in [-0.3, -0.25) is 4.79 Å². The van der Waals surface area contributed by atoms with Gasteiger partial charge in [-0.2, -0.15) is 0 Å². The highest BCUT2D eigenvalue weighted by Gasteiger charge is 2.07. The van der Waals surface area contributed by atoms with E-state index in [9.17, 15) is 4.79 Å². The van der Waals surface area contributed by atoms with Crippen LogP contribution in [-0.4, -0.2) is 23.7 Å². The number of nitrogens with two attached hydrogens (primary N) is 1. The van der Waals surface area contributed by atoms with Gasteiger partial charge in [0.05, 0.1) is 6.10 Å². The summed E-state index contributed by atoms with van der Waals surface area (Å²) in [7, 11) is 0. The molecule has 1 rings (SSSR count). The smallest absolute Gasteiger partial charge is 0.251 e. The van der Waals surface area contributed by atoms with Gasteiger partial charge in [0, 0.05) is 17.8 Å². The van der Waals surface area contributed by atoms with Crippen LogP contribution in [0.3, 0.4) is 0 Å². The molecule has 4 nitrogen and oxygen atoms in total. The molecule has 0 aliphatic rings. The minimum atomic E-state index is -0.545. The molecule has 0 saturated heterocycles. The van der Waals surface area contributed by atoms with Crippen LogP contribution in [0.25, 0.3) is 0 Å². The van der Waals surface area contributed by atoms with E-state index >= 15 is 0 Å². The molecular weight excluding hydrogens is 192 g/mol. The number of hydrogen-bond acceptors (Lipinski definition) is 3. The van der Waals surface area contributed by atoms with Crippen molar-refractivity contribution >= 4 is 11.6 Å². The largest absolute Gasteiger partial charge is 0.399 e. The normalized spacial score (nSPS) is 12.2. The van der Waals surface area contributed by atoms with Crippen molar-refractivity contribution in [3.63, 3.8) is 0 Å². The summed E-state index contributed by atoms with van der Waals surface area (Å²) in [6.07, 6.45) is -0.545. The molecule has 82 valence electrons. The predicted octanol–water partition coefficient (Wildman–Crippen LogP) is 0.688. The first-order chi connectivity index (χ1) is 6.99. The molecular formula is C11H16N2O2. The molecule has 1 atom stereocenters. The van der Waals surface area contributed by atoms with Crippen LogP contribution in [0.4, 0.5) is 5.69 Å². The second-order valence-electron chi connectivity index (χ2n) is 3.69. The van der Waals surface area contributed by atoms with E-state index in [2.05, 4.69) is 5.32 Å². The third kappa shape index (κ3) is 3.59. The first-order valence-corrected chi connectivity index (χ1v) is 4.82. The summed E-state index contributed by atoms with van der Waals surface area (Å²) in [6, 6.07) is 5.17. The maximum Gasteiger partial charge on any atom is 0.251 e. The van der Waals surface area contributed by atoms with Gasteiger partial charge in [-0.05, 0) is 37.6 Å². The molecule has 0 spiro atoms. The number of rotatable bonds is 3. The fraction of sp³-hybridized carbons (Fsp3) is 0.364. The Kier molecular flexibility index (Phi) is 3.68. The molecule has 0 radical (unpaired) electrons. The van der Waals surface area contributed by atoms with Crippen molar-refractivity contribution in [2.45, 2.75) is 20.0 Å². The van der Waals surface area contributed by atoms with E-state index in [1.54, 1.807) is 25.1 Å². The predicted molar refractivity (Wildman–Crippen MR) is 59.6 cm³/mol. The van der Waals surface area contributed by atoms with Crippen LogP contribution >= 0.6 is 0 Å². The number of nitrogen functional groups attached to an aromatic ring is 1. The molecule has 0 bridgehead atoms. The average Bonchev–Trinajstić information content (AvgIpc) is 2.12. The van der Waals surface area contributed by atoms with Crippen LogP contribution in [0.15, 0.2) is 18.2 Å². The molecule has 15 heavy (non-hydrogen) atoms. The Morgan fingerprint density at radius 1 is 1.53 bits per heavy atom. The fourth-order valence-corrected chi connectivity index (χ4v) is 1.29. The number of aliphatic hydroxyl groups excluding tert-OH is 1. The molecule has 1 aromatic rings. The van der Waals surface area contributed by atoms with Crippen molar-refractivity contribution in [1.82, 2.24) is 5.32 Å². The quantitative estimate of drug-likeness (QED) is 0.640. The highest BCUT2D eigenvalue weighted by Crippen LogP contribution is 2.10. The van der Waals surface area contributed by atoms with Crippen LogP contribution in [0.1, 0.15) is 22.8 Å². The van der Waals surface area contributed by atoms with Gasteiger partial charge < -0.3 is 16.2 Å². The Morgan fingerprint density at radius 3 is 2.73 bits per heavy atom. The van der Waals surface area contributed by atoms with Gasteiger partial charge in [0.15, 0.2) is 0 Å². The lowest BCUT2D eigenvalue weighted by atomic mass is 10.1. The number of amides is 1. The molecule has 0 saturated carbocycles. The van der Waals surface area contributed by atoms with Gasteiger partial charge in [-0.1, -0.05) is 0 Å². The van der Waals surface area contributed by atoms with E-state index < -0.39 is 6.10 Å². The zero-order valence-electron chi connectivity index (χ0n) is 8.95. The number of hydrogen-bond donors (Lipinski definition) is 3. The lowest BCUT2D eigenvalue weighted by molar-refractivity contribution is 0.0924. The van der Waals surface area contributed by atoms with Gasteiger partial charge >= 0.3 is 0 Å². The maximum atomic E-state index is 11.6. The van der Waals surface area contributed by atoms with E-state index in [-0.39, 0.29) is 12.5 Å². The zero-order chi connectivity index (χ0) is 11.4. The second-order valence-corrected chi connectivity index (χ2v) is 3.69. The third-order valence-corrected chi connectivity index (χ3v) is 1.92. The highest BCUT2D eigenvalue weighted by molar-refractivity contribution is 5.95. The molecule has 0 aliphatic carbocycles. The first-order valence-electron chi connectivity index (χ1n) is 4.82. The molecule has 1 aromatic carbocycles. The summed E-state index contributed by atoms with van der Waals surface area (Å²) < 4.78 is 0. The van der Waals surface area contributed by atoms with Gasteiger partial charge in [0.25, 0.3) is 5.91 Å². The van der Waals surface area contributed by atoms with E-state index in [0.29, 0.717) is 11.3 Å². The Bertz CT molecular complexity index is 341. The number of nitrogens with one attached hydrogen (secondary N) is 1. The number of anilines is 1. The fourth-order valence-electron chi connectivity index (χ4n) is 1.29. The number of benzene rings is 1. The SMILES string of the molecule is Cc1cc(N)cc(C(=O)NC[C@H](C)O)c1. The van der Waals surface area contributed by atoms with E-state index in [4.69, 9.17) is 10.8 Å². The van der Waals surface area contributed by atoms with Crippen LogP contribution in [0, 0.1) is 6.92 Å². The van der Waals surface area contributed by atoms with Crippen molar-refractivity contribution in [1.29, 1.82) is 0 Å². The monoisotopic (exact) mass is 208 g/mol. The van der Waals surface area contributed by atoms with Gasteiger partial charge in [-0.15, -0.1) is 0 Å². The summed E-state index contributed by atoms with van der Waals surface area (Å²) in [5, 5.41) is 11.6. The van der Waals surface area contributed by atoms with E-state index in [0.717, 1.165) is 5.56 Å². The van der Waals surface area contributed by atoms with Crippen molar-refractivity contribution in [2.24, 2.45) is 0 Å². The van der Waals surface area contributed by atoms with Crippen molar-refractivity contribution in [2.75, 3.05) is 12.3 Å². The topological polar surface area (TPSA) is 75.4 Å². The molecule has 0 aromatic heterocycles. The summed E-state index contributed by atoms with van der Waals surface area (Å²) in [5.74, 6) is -0.216. The third-order valence-electron chi connectivity index (χ3n) is 1.92. The maximum absolute atomic E-state index is 11.6. The molecule has 4 N–H and O–H groups in total. The van der Waals surface area contributed by atoms with Crippen LogP contribution in [0.5, 0.6) is 0 Å². The van der Waals surface area contributed by atoms with Crippen LogP contribution in [0.2, 0.25) is 0 Å². The molecule has 1 amide bonds. The Labute approximate surface area is 89.1 Å². The Balaban J connectivity index is 2.73. The molecule has 0 heterocycles. The minimum Gasteiger partial charge on any atom is -0.399 e. The van der Waals surface area contributed by atoms with E-state index in [1.165, 1.54) is 0 Å². The molecule has 0 fully saturated rings. The summed E-state index contributed by atoms with van der Waals surface area (Å²) in [5.41, 5.74) is 7.65. The van der Waals surface area contributed by atoms with Crippen LogP contribution in [-0.2, 0) is 0 Å². The Hall–Kier alpha value is -1.55.